The number of ketones is 1. The zero-order valence-electron chi connectivity index (χ0n) is 17.2. The number of hydrogen-bond acceptors (Lipinski definition) is 3. The molecule has 0 bridgehead atoms. The van der Waals surface area contributed by atoms with Crippen LogP contribution >= 0.6 is 0 Å². The van der Waals surface area contributed by atoms with Gasteiger partial charge in [-0.15, -0.1) is 35.9 Å². The molecule has 2 aliphatic carbocycles. The Kier molecular flexibility index (Phi) is 7.58. The van der Waals surface area contributed by atoms with E-state index in [2.05, 4.69) is 42.2 Å². The molecule has 0 aliphatic heterocycles. The molecule has 0 amide bonds. The topological polar surface area (TPSA) is 50.2 Å². The molecule has 2 aromatic carbocycles. The second kappa shape index (κ2) is 10.1. The van der Waals surface area contributed by atoms with Gasteiger partial charge in [0.2, 0.25) is 0 Å². The fraction of sp³-hybridized carbons (Fsp3) is 0.308. The molecule has 2 aliphatic rings. The number of aromatic nitrogens is 1. The summed E-state index contributed by atoms with van der Waals surface area (Å²) in [5, 5.41) is 12.0. The van der Waals surface area contributed by atoms with Crippen LogP contribution in [-0.2, 0) is 24.9 Å². The van der Waals surface area contributed by atoms with E-state index in [1.54, 1.807) is 0 Å². The van der Waals surface area contributed by atoms with Crippen LogP contribution in [0.4, 0.5) is 0 Å². The monoisotopic (exact) mass is 577 g/mol. The second-order valence-corrected chi connectivity index (χ2v) is 7.87. The van der Waals surface area contributed by atoms with Gasteiger partial charge in [0.15, 0.2) is 5.78 Å². The van der Waals surface area contributed by atoms with Crippen LogP contribution in [0.25, 0.3) is 22.0 Å². The Bertz CT molecular complexity index is 1060. The number of pyridine rings is 1. The van der Waals surface area contributed by atoms with Gasteiger partial charge in [0, 0.05) is 44.7 Å². The third-order valence-corrected chi connectivity index (χ3v) is 5.93. The summed E-state index contributed by atoms with van der Waals surface area (Å²) in [6.07, 6.45) is 7.50. The Labute approximate surface area is 191 Å². The molecule has 3 nitrogen and oxygen atoms in total. The van der Waals surface area contributed by atoms with Gasteiger partial charge in [-0.1, -0.05) is 18.2 Å². The Morgan fingerprint density at radius 3 is 2.53 bits per heavy atom. The van der Waals surface area contributed by atoms with Crippen molar-refractivity contribution in [2.45, 2.75) is 45.4 Å². The average Bonchev–Trinajstić information content (AvgIpc) is 2.75. The van der Waals surface area contributed by atoms with E-state index in [0.717, 1.165) is 48.9 Å². The van der Waals surface area contributed by atoms with E-state index in [4.69, 9.17) is 0 Å². The molecule has 1 fully saturated rings. The van der Waals surface area contributed by atoms with Crippen LogP contribution in [0.15, 0.2) is 66.1 Å². The molecule has 1 heterocycles. The van der Waals surface area contributed by atoms with E-state index in [1.807, 2.05) is 30.5 Å². The van der Waals surface area contributed by atoms with Gasteiger partial charge in [0.25, 0.3) is 0 Å². The quantitative estimate of drug-likeness (QED) is 0.343. The van der Waals surface area contributed by atoms with Crippen LogP contribution in [0.5, 0.6) is 0 Å². The third kappa shape index (κ3) is 4.71. The van der Waals surface area contributed by atoms with Crippen molar-refractivity contribution >= 4 is 16.6 Å². The molecule has 0 saturated heterocycles. The summed E-state index contributed by atoms with van der Waals surface area (Å²) >= 11 is 0. The van der Waals surface area contributed by atoms with Gasteiger partial charge in [0.05, 0.1) is 5.76 Å². The maximum absolute atomic E-state index is 11.4. The number of aryl methyl sites for hydroxylation is 1. The summed E-state index contributed by atoms with van der Waals surface area (Å²) in [5.74, 6) is 0.972. The number of benzene rings is 2. The summed E-state index contributed by atoms with van der Waals surface area (Å²) in [4.78, 5) is 15.9. The molecule has 30 heavy (non-hydrogen) atoms. The van der Waals surface area contributed by atoms with E-state index in [9.17, 15) is 9.90 Å². The molecule has 1 unspecified atom stereocenters. The number of carbonyl (C=O) groups excluding carboxylic acids is 1. The van der Waals surface area contributed by atoms with Gasteiger partial charge >= 0.3 is 0 Å². The standard InChI is InChI=1S/C16H12N.C10H14O2.Ir/c1-12-6-5-9-15-14(12)10-11-17-16(15)13-7-3-2-4-8-13;11-8-5-1-3-7-4-2-6-9(12)10(7)8;/h2-7,9-11H,1H3;7,11H,1-6H2;/q-1;;. The summed E-state index contributed by atoms with van der Waals surface area (Å²) in [6, 6.07) is 19.6. The normalized spacial score (nSPS) is 18.2. The Morgan fingerprint density at radius 1 is 1.00 bits per heavy atom. The van der Waals surface area contributed by atoms with E-state index >= 15 is 0 Å². The van der Waals surface area contributed by atoms with Gasteiger partial charge in [-0.05, 0) is 66.6 Å². The van der Waals surface area contributed by atoms with Crippen molar-refractivity contribution in [3.8, 4) is 11.3 Å². The Balaban J connectivity index is 0.000000175. The van der Waals surface area contributed by atoms with Gasteiger partial charge < -0.3 is 10.1 Å². The molecular formula is C26H26IrNO2-. The van der Waals surface area contributed by atoms with E-state index < -0.39 is 0 Å². The largest absolute Gasteiger partial charge is 0.512 e. The zero-order chi connectivity index (χ0) is 20.2. The summed E-state index contributed by atoms with van der Waals surface area (Å²) in [5.41, 5.74) is 4.10. The zero-order valence-corrected chi connectivity index (χ0v) is 19.5. The summed E-state index contributed by atoms with van der Waals surface area (Å²) < 4.78 is 0. The molecular weight excluding hydrogens is 551 g/mol. The maximum Gasteiger partial charge on any atom is 0.162 e. The van der Waals surface area contributed by atoms with Crippen molar-refractivity contribution < 1.29 is 30.0 Å². The first-order valence-corrected chi connectivity index (χ1v) is 10.4. The molecule has 1 N–H and O–H groups in total. The van der Waals surface area contributed by atoms with Gasteiger partial charge in [0.1, 0.15) is 0 Å². The van der Waals surface area contributed by atoms with Crippen LogP contribution in [0.3, 0.4) is 0 Å². The van der Waals surface area contributed by atoms with Crippen molar-refractivity contribution in [1.82, 2.24) is 4.98 Å². The maximum atomic E-state index is 11.4. The number of hydrogen-bond donors (Lipinski definition) is 1. The first-order valence-electron chi connectivity index (χ1n) is 10.4. The van der Waals surface area contributed by atoms with Crippen LogP contribution in [0.2, 0.25) is 0 Å². The number of allylic oxidation sites excluding steroid dienone is 2. The molecule has 5 rings (SSSR count). The fourth-order valence-electron chi connectivity index (χ4n) is 4.47. The Hall–Kier alpha value is -2.29. The average molecular weight is 577 g/mol. The van der Waals surface area contributed by atoms with Crippen LogP contribution in [0, 0.1) is 18.9 Å². The molecule has 1 aromatic heterocycles. The van der Waals surface area contributed by atoms with Crippen molar-refractivity contribution in [3.63, 3.8) is 0 Å². The first-order chi connectivity index (χ1) is 14.1. The van der Waals surface area contributed by atoms with E-state index in [1.165, 1.54) is 16.3 Å². The van der Waals surface area contributed by atoms with Gasteiger partial charge in [-0.3, -0.25) is 4.79 Å². The minimum absolute atomic E-state index is 0. The number of rotatable bonds is 1. The SMILES string of the molecule is Cc1cccc2c(-c3[c-]cccc3)nccc12.O=C1CCCC2CCCC(O)=C12.[Ir]. The number of carbonyl (C=O) groups is 1. The third-order valence-electron chi connectivity index (χ3n) is 5.93. The van der Waals surface area contributed by atoms with E-state index in [0.29, 0.717) is 18.1 Å². The number of aliphatic hydroxyl groups excluding tert-OH is 1. The van der Waals surface area contributed by atoms with Crippen LogP contribution in [0.1, 0.15) is 44.1 Å². The minimum Gasteiger partial charge on any atom is -0.512 e. The van der Waals surface area contributed by atoms with Crippen molar-refractivity contribution in [2.24, 2.45) is 5.92 Å². The molecule has 4 heteroatoms. The minimum atomic E-state index is 0. The van der Waals surface area contributed by atoms with Gasteiger partial charge in [-0.25, -0.2) is 0 Å². The second-order valence-electron chi connectivity index (χ2n) is 7.87. The van der Waals surface area contributed by atoms with Crippen molar-refractivity contribution in [3.05, 3.63) is 77.7 Å². The summed E-state index contributed by atoms with van der Waals surface area (Å²) in [7, 11) is 0. The predicted octanol–water partition coefficient (Wildman–Crippen LogP) is 6.36. The molecule has 1 saturated carbocycles. The van der Waals surface area contributed by atoms with E-state index in [-0.39, 0.29) is 25.9 Å². The molecule has 0 spiro atoms. The molecule has 1 atom stereocenters. The van der Waals surface area contributed by atoms with Crippen LogP contribution < -0.4 is 0 Å². The molecule has 3 aromatic rings. The predicted molar refractivity (Wildman–Crippen MR) is 117 cm³/mol. The number of Topliss-reactive ketones (excluding diaryl/α,β-unsaturated/α-hetero) is 1. The van der Waals surface area contributed by atoms with Crippen molar-refractivity contribution in [2.75, 3.05) is 0 Å². The fourth-order valence-corrected chi connectivity index (χ4v) is 4.47. The van der Waals surface area contributed by atoms with Gasteiger partial charge in [-0.2, -0.15) is 0 Å². The van der Waals surface area contributed by atoms with Crippen LogP contribution in [-0.4, -0.2) is 15.9 Å². The van der Waals surface area contributed by atoms with Crippen molar-refractivity contribution in [1.29, 1.82) is 0 Å². The number of aliphatic hydroxyl groups is 1. The first kappa shape index (κ1) is 22.4. The number of nitrogens with zero attached hydrogens (tertiary/aromatic N) is 1. The molecule has 157 valence electrons. The summed E-state index contributed by atoms with van der Waals surface area (Å²) in [6.45, 7) is 2.13. The Morgan fingerprint density at radius 2 is 1.80 bits per heavy atom. The molecule has 1 radical (unpaired) electrons. The number of fused-ring (bicyclic) bond motifs is 2. The smallest absolute Gasteiger partial charge is 0.162 e.